The monoisotopic (exact) mass is 505 g/mol. The summed E-state index contributed by atoms with van der Waals surface area (Å²) in [5, 5.41) is 13.7. The van der Waals surface area contributed by atoms with E-state index in [0.29, 0.717) is 0 Å². The Bertz CT molecular complexity index is 1330. The van der Waals surface area contributed by atoms with Gasteiger partial charge in [-0.15, -0.1) is 0 Å². The zero-order valence-electron chi connectivity index (χ0n) is 18.3. The topological polar surface area (TPSA) is 110 Å². The Balaban J connectivity index is 1.95. The zero-order valence-corrected chi connectivity index (χ0v) is 19.9. The van der Waals surface area contributed by atoms with Crippen molar-refractivity contribution in [3.8, 4) is 0 Å². The van der Waals surface area contributed by atoms with Crippen molar-refractivity contribution >= 4 is 38.9 Å². The number of hydrogen-bond donors (Lipinski definition) is 1. The Kier molecular flexibility index (Phi) is 7.65. The number of carbonyl (C=O) groups is 1. The van der Waals surface area contributed by atoms with E-state index in [1.165, 1.54) is 49.4 Å². The van der Waals surface area contributed by atoms with E-state index >= 15 is 0 Å². The molecule has 0 heterocycles. The molecule has 11 heteroatoms. The molecule has 0 spiro atoms. The summed E-state index contributed by atoms with van der Waals surface area (Å²) in [5.74, 6) is -1.47. The van der Waals surface area contributed by atoms with E-state index in [2.05, 4.69) is 5.32 Å². The Morgan fingerprint density at radius 3 is 2.35 bits per heavy atom. The van der Waals surface area contributed by atoms with Crippen molar-refractivity contribution in [3.05, 3.63) is 98.3 Å². The van der Waals surface area contributed by atoms with E-state index in [1.807, 2.05) is 0 Å². The van der Waals surface area contributed by atoms with Gasteiger partial charge in [0.15, 0.2) is 0 Å². The smallest absolute Gasteiger partial charge is 0.274 e. The Morgan fingerprint density at radius 2 is 1.74 bits per heavy atom. The highest BCUT2D eigenvalue weighted by atomic mass is 35.5. The standard InChI is InChI=1S/C23H21ClFN3O5S/c1-15-9-11-17(12-10-15)34(32,33)27(13-18-19(24)5-3-6-20(18)25)14-23(29)26-21-7-4-8-22(16(21)2)28(30)31/h3-12H,13-14H2,1-2H3,(H,26,29). The predicted octanol–water partition coefficient (Wildman–Crippen LogP) is 4.83. The van der Waals surface area contributed by atoms with Crippen molar-refractivity contribution in [3.63, 3.8) is 0 Å². The second-order valence-corrected chi connectivity index (χ2v) is 9.89. The lowest BCUT2D eigenvalue weighted by atomic mass is 10.1. The van der Waals surface area contributed by atoms with Gasteiger partial charge in [0, 0.05) is 23.2 Å². The van der Waals surface area contributed by atoms with Gasteiger partial charge >= 0.3 is 0 Å². The fourth-order valence-corrected chi connectivity index (χ4v) is 4.84. The van der Waals surface area contributed by atoms with Gasteiger partial charge < -0.3 is 5.32 Å². The summed E-state index contributed by atoms with van der Waals surface area (Å²) in [4.78, 5) is 23.3. The molecule has 0 unspecified atom stereocenters. The van der Waals surface area contributed by atoms with Crippen molar-refractivity contribution in [2.75, 3.05) is 11.9 Å². The Hall–Kier alpha value is -3.34. The van der Waals surface area contributed by atoms with Gasteiger partial charge in [-0.05, 0) is 44.2 Å². The molecule has 0 atom stereocenters. The van der Waals surface area contributed by atoms with Crippen LogP contribution in [0, 0.1) is 29.8 Å². The van der Waals surface area contributed by atoms with Gasteiger partial charge in [-0.25, -0.2) is 12.8 Å². The molecule has 3 rings (SSSR count). The SMILES string of the molecule is Cc1ccc(S(=O)(=O)N(CC(=O)Nc2cccc([N+](=O)[O-])c2C)Cc2c(F)cccc2Cl)cc1. The van der Waals surface area contributed by atoms with Gasteiger partial charge in [0.25, 0.3) is 5.69 Å². The van der Waals surface area contributed by atoms with Crippen LogP contribution in [0.2, 0.25) is 5.02 Å². The highest BCUT2D eigenvalue weighted by molar-refractivity contribution is 7.89. The van der Waals surface area contributed by atoms with Crippen molar-refractivity contribution in [2.45, 2.75) is 25.3 Å². The van der Waals surface area contributed by atoms with E-state index in [4.69, 9.17) is 11.6 Å². The van der Waals surface area contributed by atoms with Crippen molar-refractivity contribution in [2.24, 2.45) is 0 Å². The molecule has 0 fully saturated rings. The molecule has 0 saturated carbocycles. The van der Waals surface area contributed by atoms with Crippen LogP contribution in [0.5, 0.6) is 0 Å². The van der Waals surface area contributed by atoms with Crippen molar-refractivity contribution in [1.29, 1.82) is 0 Å². The summed E-state index contributed by atoms with van der Waals surface area (Å²) in [6.45, 7) is 2.09. The van der Waals surface area contributed by atoms with Gasteiger partial charge in [-0.1, -0.05) is 41.4 Å². The average molecular weight is 506 g/mol. The minimum absolute atomic E-state index is 0.0130. The molecule has 0 aliphatic carbocycles. The molecule has 3 aromatic rings. The van der Waals surface area contributed by atoms with Gasteiger partial charge in [0.1, 0.15) is 5.82 Å². The third-order valence-corrected chi connectivity index (χ3v) is 7.31. The number of halogens is 2. The number of aryl methyl sites for hydroxylation is 1. The lowest BCUT2D eigenvalue weighted by Gasteiger charge is -2.23. The summed E-state index contributed by atoms with van der Waals surface area (Å²) < 4.78 is 42.0. The van der Waals surface area contributed by atoms with Gasteiger partial charge in [0.2, 0.25) is 15.9 Å². The third-order valence-electron chi connectivity index (χ3n) is 5.15. The van der Waals surface area contributed by atoms with Crippen LogP contribution in [-0.4, -0.2) is 30.1 Å². The molecule has 1 amide bonds. The van der Waals surface area contributed by atoms with Crippen LogP contribution in [0.25, 0.3) is 0 Å². The molecule has 3 aromatic carbocycles. The number of hydrogen-bond acceptors (Lipinski definition) is 5. The highest BCUT2D eigenvalue weighted by Gasteiger charge is 2.29. The summed E-state index contributed by atoms with van der Waals surface area (Å²) >= 11 is 6.10. The zero-order chi connectivity index (χ0) is 25.0. The van der Waals surface area contributed by atoms with Crippen LogP contribution < -0.4 is 5.32 Å². The number of anilines is 1. The number of sulfonamides is 1. The average Bonchev–Trinajstić information content (AvgIpc) is 2.77. The lowest BCUT2D eigenvalue weighted by molar-refractivity contribution is -0.385. The van der Waals surface area contributed by atoms with Crippen LogP contribution >= 0.6 is 11.6 Å². The van der Waals surface area contributed by atoms with Gasteiger partial charge in [-0.3, -0.25) is 14.9 Å². The normalized spacial score (nSPS) is 11.4. The van der Waals surface area contributed by atoms with Gasteiger partial charge in [0.05, 0.1) is 27.6 Å². The lowest BCUT2D eigenvalue weighted by Crippen LogP contribution is -2.38. The molecule has 0 aromatic heterocycles. The molecule has 0 bridgehead atoms. The predicted molar refractivity (Wildman–Crippen MR) is 127 cm³/mol. The summed E-state index contributed by atoms with van der Waals surface area (Å²) in [7, 11) is -4.23. The highest BCUT2D eigenvalue weighted by Crippen LogP contribution is 2.27. The second kappa shape index (κ2) is 10.3. The largest absolute Gasteiger partial charge is 0.324 e. The quantitative estimate of drug-likeness (QED) is 0.348. The molecule has 0 radical (unpaired) electrons. The maximum Gasteiger partial charge on any atom is 0.274 e. The fraction of sp³-hybridized carbons (Fsp3) is 0.174. The number of nitrogens with one attached hydrogen (secondary N) is 1. The number of benzene rings is 3. The van der Waals surface area contributed by atoms with E-state index in [-0.39, 0.29) is 32.4 Å². The van der Waals surface area contributed by atoms with Crippen molar-refractivity contribution < 1.29 is 22.5 Å². The van der Waals surface area contributed by atoms with Crippen molar-refractivity contribution in [1.82, 2.24) is 4.31 Å². The molecule has 8 nitrogen and oxygen atoms in total. The minimum Gasteiger partial charge on any atom is -0.324 e. The first-order valence-electron chi connectivity index (χ1n) is 10.0. The van der Waals surface area contributed by atoms with E-state index in [0.717, 1.165) is 15.9 Å². The number of nitro benzene ring substituents is 1. The summed E-state index contributed by atoms with van der Waals surface area (Å²) in [6, 6.07) is 14.1. The maximum absolute atomic E-state index is 14.4. The maximum atomic E-state index is 14.4. The fourth-order valence-electron chi connectivity index (χ4n) is 3.25. The molecule has 1 N–H and O–H groups in total. The number of nitrogens with zero attached hydrogens (tertiary/aromatic N) is 2. The van der Waals surface area contributed by atoms with E-state index in [1.54, 1.807) is 19.1 Å². The first kappa shape index (κ1) is 25.3. The second-order valence-electron chi connectivity index (χ2n) is 7.54. The van der Waals surface area contributed by atoms with Crippen LogP contribution in [0.3, 0.4) is 0 Å². The molecule has 0 aliphatic rings. The molecular weight excluding hydrogens is 485 g/mol. The molecule has 0 saturated heterocycles. The van der Waals surface area contributed by atoms with Crippen LogP contribution in [0.4, 0.5) is 15.8 Å². The third kappa shape index (κ3) is 5.58. The van der Waals surface area contributed by atoms with Crippen LogP contribution in [-0.2, 0) is 21.4 Å². The van der Waals surface area contributed by atoms with E-state index in [9.17, 15) is 27.7 Å². The summed E-state index contributed by atoms with van der Waals surface area (Å²) in [5.41, 5.74) is 0.933. The van der Waals surface area contributed by atoms with Crippen LogP contribution in [0.15, 0.2) is 65.6 Å². The van der Waals surface area contributed by atoms with Gasteiger partial charge in [-0.2, -0.15) is 4.31 Å². The number of nitro groups is 1. The Labute approximate surface area is 201 Å². The summed E-state index contributed by atoms with van der Waals surface area (Å²) in [6.07, 6.45) is 0. The Morgan fingerprint density at radius 1 is 1.09 bits per heavy atom. The number of amides is 1. The minimum atomic E-state index is -4.23. The van der Waals surface area contributed by atoms with Crippen LogP contribution in [0.1, 0.15) is 16.7 Å². The number of carbonyl (C=O) groups excluding carboxylic acids is 1. The first-order chi connectivity index (χ1) is 16.0. The molecule has 0 aliphatic heterocycles. The molecule has 178 valence electrons. The first-order valence-corrected chi connectivity index (χ1v) is 11.9. The molecule has 34 heavy (non-hydrogen) atoms. The van der Waals surface area contributed by atoms with E-state index < -0.39 is 39.8 Å². The number of rotatable bonds is 8. The molecular formula is C23H21ClFN3O5S.